The van der Waals surface area contributed by atoms with Crippen LogP contribution >= 0.6 is 0 Å². The van der Waals surface area contributed by atoms with E-state index < -0.39 is 0 Å². The van der Waals surface area contributed by atoms with E-state index in [-0.39, 0.29) is 71.9 Å². The van der Waals surface area contributed by atoms with E-state index in [4.69, 9.17) is 0 Å². The van der Waals surface area contributed by atoms with Crippen molar-refractivity contribution in [3.05, 3.63) is 0 Å². The minimum absolute atomic E-state index is 0. The summed E-state index contributed by atoms with van der Waals surface area (Å²) in [5.41, 5.74) is 0. The van der Waals surface area contributed by atoms with Gasteiger partial charge in [0.25, 0.3) is 0 Å². The number of nitrogens with zero attached hydrogens (tertiary/aromatic N) is 3. The predicted molar refractivity (Wildman–Crippen MR) is 128 cm³/mol. The Morgan fingerprint density at radius 3 is 0.710 bits per heavy atom. The van der Waals surface area contributed by atoms with E-state index in [1.165, 1.54) is 124 Å². The Hall–Kier alpha value is 2.07. The van der Waals surface area contributed by atoms with Gasteiger partial charge in [0.05, 0.1) is 80.0 Å². The van der Waals surface area contributed by atoms with E-state index in [2.05, 4.69) is 55.8 Å². The molecule has 0 bridgehead atoms. The average Bonchev–Trinajstić information content (AvgIpc) is 2.72. The van der Waals surface area contributed by atoms with Gasteiger partial charge in [-0.25, -0.2) is 0 Å². The van der Waals surface area contributed by atoms with Crippen LogP contribution in [-0.2, 0) is 0 Å². The molecule has 194 valence electrons. The Kier molecular flexibility index (Phi) is 29.2. The van der Waals surface area contributed by atoms with Crippen molar-refractivity contribution < 1.29 is 85.4 Å². The van der Waals surface area contributed by atoms with Crippen LogP contribution in [0.4, 0.5) is 0 Å². The van der Waals surface area contributed by atoms with Gasteiger partial charge in [-0.2, -0.15) is 0 Å². The Labute approximate surface area is 249 Å². The number of hydrogen-bond donors (Lipinski definition) is 0. The molecule has 0 spiro atoms. The molecule has 0 unspecified atom stereocenters. The van der Waals surface area contributed by atoms with Gasteiger partial charge in [-0.05, 0) is 86.0 Å². The van der Waals surface area contributed by atoms with Gasteiger partial charge >= 0.3 is 0 Å². The SMILES string of the molecule is CC[N+](C)(CC)CCCCCC[N+](C)(CC)CCCCCC[N+](C)(CC)CC.[I-].[I-].[I-]. The summed E-state index contributed by atoms with van der Waals surface area (Å²) in [5.74, 6) is 0. The molecule has 0 heterocycles. The number of rotatable bonds is 19. The Morgan fingerprint density at radius 2 is 0.516 bits per heavy atom. The number of quaternary nitrogens is 3. The van der Waals surface area contributed by atoms with Crippen molar-refractivity contribution >= 4 is 0 Å². The molecule has 3 nitrogen and oxygen atoms in total. The number of halogens is 3. The van der Waals surface area contributed by atoms with Crippen LogP contribution in [-0.4, -0.2) is 93.5 Å². The lowest BCUT2D eigenvalue weighted by molar-refractivity contribution is -0.908. The molecule has 0 aromatic rings. The molecular formula is C25H58I3N3. The molecule has 0 aromatic carbocycles. The summed E-state index contributed by atoms with van der Waals surface area (Å²) in [5, 5.41) is 0. The maximum atomic E-state index is 2.49. The highest BCUT2D eigenvalue weighted by molar-refractivity contribution is 4.49. The highest BCUT2D eigenvalue weighted by Gasteiger charge is 2.19. The molecule has 0 rings (SSSR count). The first-order valence-electron chi connectivity index (χ1n) is 12.7. The van der Waals surface area contributed by atoms with E-state index in [0.29, 0.717) is 0 Å². The van der Waals surface area contributed by atoms with Crippen LogP contribution in [0.5, 0.6) is 0 Å². The quantitative estimate of drug-likeness (QED) is 0.0729. The Bertz CT molecular complexity index is 343. The summed E-state index contributed by atoms with van der Waals surface area (Å²) in [6.45, 7) is 23.6. The van der Waals surface area contributed by atoms with Crippen LogP contribution in [0, 0.1) is 0 Å². The largest absolute Gasteiger partial charge is 1.00 e. The summed E-state index contributed by atoms with van der Waals surface area (Å²) in [4.78, 5) is 0. The Balaban J connectivity index is -0.00000121. The molecule has 0 amide bonds. The van der Waals surface area contributed by atoms with Crippen LogP contribution in [0.1, 0.15) is 86.0 Å². The van der Waals surface area contributed by atoms with E-state index in [9.17, 15) is 0 Å². The van der Waals surface area contributed by atoms with Gasteiger partial charge in [-0.15, -0.1) is 0 Å². The maximum Gasteiger partial charge on any atom is 0.0784 e. The minimum Gasteiger partial charge on any atom is -1.00 e. The lowest BCUT2D eigenvalue weighted by Crippen LogP contribution is -3.00. The van der Waals surface area contributed by atoms with Gasteiger partial charge in [0.1, 0.15) is 0 Å². The summed E-state index contributed by atoms with van der Waals surface area (Å²) >= 11 is 0. The molecule has 0 aliphatic carbocycles. The van der Waals surface area contributed by atoms with Crippen molar-refractivity contribution in [2.24, 2.45) is 0 Å². The van der Waals surface area contributed by atoms with Gasteiger partial charge in [0, 0.05) is 0 Å². The van der Waals surface area contributed by atoms with Crippen molar-refractivity contribution in [2.75, 3.05) is 80.0 Å². The second-order valence-corrected chi connectivity index (χ2v) is 10.2. The molecule has 6 heteroatoms. The zero-order chi connectivity index (χ0) is 21.5. The highest BCUT2D eigenvalue weighted by atomic mass is 127. The van der Waals surface area contributed by atoms with E-state index in [1.54, 1.807) is 0 Å². The molecular weight excluding hydrogens is 723 g/mol. The third-order valence-electron chi connectivity index (χ3n) is 8.11. The predicted octanol–water partition coefficient (Wildman–Crippen LogP) is -3.44. The zero-order valence-corrected chi connectivity index (χ0v) is 29.0. The third kappa shape index (κ3) is 19.0. The van der Waals surface area contributed by atoms with Crippen LogP contribution in [0.2, 0.25) is 0 Å². The van der Waals surface area contributed by atoms with Crippen LogP contribution in [0.15, 0.2) is 0 Å². The molecule has 0 saturated carbocycles. The normalized spacial score (nSPS) is 12.0. The van der Waals surface area contributed by atoms with Crippen molar-refractivity contribution in [2.45, 2.75) is 86.0 Å². The fourth-order valence-electron chi connectivity index (χ4n) is 4.19. The highest BCUT2D eigenvalue weighted by Crippen LogP contribution is 2.14. The van der Waals surface area contributed by atoms with Gasteiger partial charge < -0.3 is 85.4 Å². The zero-order valence-electron chi connectivity index (χ0n) is 22.5. The third-order valence-corrected chi connectivity index (χ3v) is 8.11. The molecule has 0 N–H and O–H groups in total. The maximum absolute atomic E-state index is 2.49. The van der Waals surface area contributed by atoms with Gasteiger partial charge in [0.2, 0.25) is 0 Å². The van der Waals surface area contributed by atoms with E-state index in [1.807, 2.05) is 0 Å². The fraction of sp³-hybridized carbons (Fsp3) is 1.00. The first-order chi connectivity index (χ1) is 13.2. The van der Waals surface area contributed by atoms with Gasteiger partial charge in [0.15, 0.2) is 0 Å². The standard InChI is InChI=1S/C25H58N3.3HI/c1-9-26(6,10-2)22-18-14-16-20-24-28(8,13-5)25-21-17-15-19-23-27(7,11-3)12-4;;;/h9-25H2,1-8H3;3*1H/q+3;;;/p-3. The van der Waals surface area contributed by atoms with Crippen LogP contribution in [0.3, 0.4) is 0 Å². The van der Waals surface area contributed by atoms with Crippen molar-refractivity contribution in [1.29, 1.82) is 0 Å². The lowest BCUT2D eigenvalue weighted by Gasteiger charge is -2.34. The minimum atomic E-state index is 0. The van der Waals surface area contributed by atoms with E-state index in [0.717, 1.165) is 0 Å². The lowest BCUT2D eigenvalue weighted by atomic mass is 10.1. The molecule has 0 atom stereocenters. The van der Waals surface area contributed by atoms with Crippen molar-refractivity contribution in [1.82, 2.24) is 0 Å². The van der Waals surface area contributed by atoms with Gasteiger partial charge in [-0.1, -0.05) is 0 Å². The van der Waals surface area contributed by atoms with Gasteiger partial charge in [-0.3, -0.25) is 0 Å². The summed E-state index contributed by atoms with van der Waals surface area (Å²) in [6, 6.07) is 0. The molecule has 0 saturated heterocycles. The number of hydrogen-bond acceptors (Lipinski definition) is 0. The molecule has 31 heavy (non-hydrogen) atoms. The summed E-state index contributed by atoms with van der Waals surface area (Å²) in [6.07, 6.45) is 11.3. The molecule has 0 aliphatic rings. The second-order valence-electron chi connectivity index (χ2n) is 10.2. The van der Waals surface area contributed by atoms with Crippen molar-refractivity contribution in [3.63, 3.8) is 0 Å². The van der Waals surface area contributed by atoms with Crippen LogP contribution < -0.4 is 71.9 Å². The number of unbranched alkanes of at least 4 members (excludes halogenated alkanes) is 6. The Morgan fingerprint density at radius 1 is 0.323 bits per heavy atom. The second kappa shape index (κ2) is 22.5. The van der Waals surface area contributed by atoms with Crippen LogP contribution in [0.25, 0.3) is 0 Å². The first kappa shape index (κ1) is 40.2. The smallest absolute Gasteiger partial charge is 0.0784 e. The molecule has 0 radical (unpaired) electrons. The fourth-order valence-corrected chi connectivity index (χ4v) is 4.19. The molecule has 0 aromatic heterocycles. The summed E-state index contributed by atoms with van der Waals surface area (Å²) in [7, 11) is 7.31. The first-order valence-corrected chi connectivity index (χ1v) is 12.7. The topological polar surface area (TPSA) is 0 Å². The van der Waals surface area contributed by atoms with Crippen molar-refractivity contribution in [3.8, 4) is 0 Å². The monoisotopic (exact) mass is 781 g/mol. The van der Waals surface area contributed by atoms with E-state index >= 15 is 0 Å². The average molecular weight is 781 g/mol. The molecule has 0 aliphatic heterocycles. The summed E-state index contributed by atoms with van der Waals surface area (Å²) < 4.78 is 3.78. The molecule has 0 fully saturated rings.